The Morgan fingerprint density at radius 3 is 2.35 bits per heavy atom. The van der Waals surface area contributed by atoms with E-state index in [9.17, 15) is 22.8 Å². The molecule has 2 aromatic carbocycles. The summed E-state index contributed by atoms with van der Waals surface area (Å²) in [5, 5.41) is 0.419. The van der Waals surface area contributed by atoms with Crippen molar-refractivity contribution in [3.63, 3.8) is 0 Å². The monoisotopic (exact) mass is 340 g/mol. The number of nitrogens with one attached hydrogen (secondary N) is 1. The van der Waals surface area contributed by atoms with Crippen molar-refractivity contribution in [1.82, 2.24) is 9.55 Å². The van der Waals surface area contributed by atoms with Crippen LogP contribution >= 0.6 is 11.6 Å². The van der Waals surface area contributed by atoms with Gasteiger partial charge in [0.15, 0.2) is 0 Å². The van der Waals surface area contributed by atoms with Gasteiger partial charge in [-0.05, 0) is 42.5 Å². The molecule has 23 heavy (non-hydrogen) atoms. The first-order valence-corrected chi connectivity index (χ1v) is 6.77. The van der Waals surface area contributed by atoms with Gasteiger partial charge >= 0.3 is 11.9 Å². The molecule has 3 aromatic rings. The van der Waals surface area contributed by atoms with E-state index in [0.29, 0.717) is 5.02 Å². The number of aromatic nitrogens is 2. The molecule has 4 nitrogen and oxygen atoms in total. The van der Waals surface area contributed by atoms with Crippen molar-refractivity contribution >= 4 is 28.5 Å². The van der Waals surface area contributed by atoms with E-state index in [1.54, 1.807) is 0 Å². The average molecular weight is 341 g/mol. The van der Waals surface area contributed by atoms with Gasteiger partial charge in [-0.1, -0.05) is 11.6 Å². The maximum atomic E-state index is 12.7. The lowest BCUT2D eigenvalue weighted by Gasteiger charge is -2.06. The fourth-order valence-corrected chi connectivity index (χ4v) is 2.34. The van der Waals surface area contributed by atoms with Gasteiger partial charge in [0, 0.05) is 10.6 Å². The molecule has 0 saturated carbocycles. The van der Waals surface area contributed by atoms with Crippen molar-refractivity contribution < 1.29 is 18.0 Å². The Morgan fingerprint density at radius 2 is 1.74 bits per heavy atom. The number of fused-ring (bicyclic) bond motifs is 1. The number of imidazole rings is 1. The topological polar surface area (TPSA) is 54.9 Å². The summed E-state index contributed by atoms with van der Waals surface area (Å²) < 4.78 is 38.9. The molecule has 0 aliphatic rings. The van der Waals surface area contributed by atoms with E-state index in [1.807, 2.05) is 0 Å². The minimum Gasteiger partial charge on any atom is -0.305 e. The molecule has 0 atom stereocenters. The van der Waals surface area contributed by atoms with Gasteiger partial charge in [0.1, 0.15) is 0 Å². The summed E-state index contributed by atoms with van der Waals surface area (Å²) in [6.07, 6.45) is -4.53. The third kappa shape index (κ3) is 2.75. The highest BCUT2D eigenvalue weighted by molar-refractivity contribution is 6.30. The van der Waals surface area contributed by atoms with Crippen LogP contribution in [0.2, 0.25) is 5.02 Å². The molecule has 0 aliphatic carbocycles. The highest BCUT2D eigenvalue weighted by Crippen LogP contribution is 2.30. The van der Waals surface area contributed by atoms with Crippen molar-refractivity contribution in [2.45, 2.75) is 6.18 Å². The van der Waals surface area contributed by atoms with Gasteiger partial charge in [-0.3, -0.25) is 4.79 Å². The van der Waals surface area contributed by atoms with Crippen LogP contribution in [-0.4, -0.2) is 15.5 Å². The largest absolute Gasteiger partial charge is 0.416 e. The van der Waals surface area contributed by atoms with Gasteiger partial charge in [0.25, 0.3) is 5.91 Å². The molecule has 0 amide bonds. The molecule has 1 aromatic heterocycles. The number of hydrogen-bond donors (Lipinski definition) is 1. The van der Waals surface area contributed by atoms with E-state index in [4.69, 9.17) is 11.6 Å². The number of aromatic amines is 1. The van der Waals surface area contributed by atoms with E-state index in [2.05, 4.69) is 4.98 Å². The van der Waals surface area contributed by atoms with E-state index in [1.165, 1.54) is 24.3 Å². The molecule has 1 heterocycles. The number of rotatable bonds is 1. The second kappa shape index (κ2) is 5.27. The van der Waals surface area contributed by atoms with E-state index in [-0.39, 0.29) is 16.6 Å². The first-order valence-electron chi connectivity index (χ1n) is 6.39. The SMILES string of the molecule is O=C(c1ccc(Cl)cc1)n1c(=O)[nH]c2cc(C(F)(F)F)ccc21. The maximum absolute atomic E-state index is 12.7. The summed E-state index contributed by atoms with van der Waals surface area (Å²) in [5.74, 6) is -0.655. The number of alkyl halides is 3. The Bertz CT molecular complexity index is 955. The third-order valence-corrected chi connectivity index (χ3v) is 3.56. The molecule has 1 N–H and O–H groups in total. The summed E-state index contributed by atoms with van der Waals surface area (Å²) in [7, 11) is 0. The van der Waals surface area contributed by atoms with Crippen LogP contribution in [0.1, 0.15) is 15.9 Å². The molecule has 0 saturated heterocycles. The number of H-pyrrole nitrogens is 1. The molecule has 0 bridgehead atoms. The Morgan fingerprint density at radius 1 is 1.09 bits per heavy atom. The van der Waals surface area contributed by atoms with Crippen LogP contribution in [0, 0.1) is 0 Å². The zero-order valence-electron chi connectivity index (χ0n) is 11.3. The second-order valence-corrected chi connectivity index (χ2v) is 5.24. The zero-order chi connectivity index (χ0) is 16.8. The number of hydrogen-bond acceptors (Lipinski definition) is 2. The van der Waals surface area contributed by atoms with E-state index in [0.717, 1.165) is 22.8 Å². The van der Waals surface area contributed by atoms with Crippen molar-refractivity contribution in [3.05, 3.63) is 69.1 Å². The third-order valence-electron chi connectivity index (χ3n) is 3.30. The van der Waals surface area contributed by atoms with Gasteiger partial charge in [-0.15, -0.1) is 0 Å². The van der Waals surface area contributed by atoms with Crippen LogP contribution in [0.3, 0.4) is 0 Å². The smallest absolute Gasteiger partial charge is 0.305 e. The lowest BCUT2D eigenvalue weighted by atomic mass is 10.2. The fraction of sp³-hybridized carbons (Fsp3) is 0.0667. The number of carbonyl (C=O) groups is 1. The quantitative estimate of drug-likeness (QED) is 0.734. The Balaban J connectivity index is 2.15. The summed E-state index contributed by atoms with van der Waals surface area (Å²) in [5.41, 5.74) is -1.51. The Hall–Kier alpha value is -2.54. The minimum atomic E-state index is -4.53. The average Bonchev–Trinajstić information content (AvgIpc) is 2.81. The fourth-order valence-electron chi connectivity index (χ4n) is 2.21. The number of carbonyl (C=O) groups excluding carboxylic acids is 1. The molecular formula is C15H8ClF3N2O2. The maximum Gasteiger partial charge on any atom is 0.416 e. The summed E-state index contributed by atoms with van der Waals surface area (Å²) in [4.78, 5) is 26.6. The molecule has 0 unspecified atom stereocenters. The van der Waals surface area contributed by atoms with Crippen molar-refractivity contribution in [2.24, 2.45) is 0 Å². The van der Waals surface area contributed by atoms with Gasteiger partial charge in [-0.25, -0.2) is 9.36 Å². The molecule has 0 radical (unpaired) electrons. The predicted octanol–water partition coefficient (Wildman–Crippen LogP) is 3.69. The minimum absolute atomic E-state index is 0.0628. The standard InChI is InChI=1S/C15H8ClF3N2O2/c16-10-4-1-8(2-5-10)13(22)21-12-6-3-9(15(17,18)19)7-11(12)20-14(21)23/h1-7H,(H,20,23). The van der Waals surface area contributed by atoms with E-state index < -0.39 is 23.3 Å². The predicted molar refractivity (Wildman–Crippen MR) is 78.7 cm³/mol. The number of halogens is 4. The van der Waals surface area contributed by atoms with E-state index >= 15 is 0 Å². The molecule has 0 aliphatic heterocycles. The molecule has 0 spiro atoms. The van der Waals surface area contributed by atoms with Crippen LogP contribution < -0.4 is 5.69 Å². The van der Waals surface area contributed by atoms with Crippen LogP contribution in [0.4, 0.5) is 13.2 Å². The lowest BCUT2D eigenvalue weighted by molar-refractivity contribution is -0.137. The number of nitrogens with zero attached hydrogens (tertiary/aromatic N) is 1. The van der Waals surface area contributed by atoms with Gasteiger partial charge in [0.2, 0.25) is 0 Å². The summed E-state index contributed by atoms with van der Waals surface area (Å²) >= 11 is 5.74. The van der Waals surface area contributed by atoms with Crippen LogP contribution in [-0.2, 0) is 6.18 Å². The van der Waals surface area contributed by atoms with Crippen molar-refractivity contribution in [1.29, 1.82) is 0 Å². The van der Waals surface area contributed by atoms with Crippen LogP contribution in [0.25, 0.3) is 11.0 Å². The van der Waals surface area contributed by atoms with Gasteiger partial charge < -0.3 is 4.98 Å². The molecule has 3 rings (SSSR count). The molecular weight excluding hydrogens is 333 g/mol. The molecule has 118 valence electrons. The van der Waals surface area contributed by atoms with Crippen molar-refractivity contribution in [2.75, 3.05) is 0 Å². The normalized spacial score (nSPS) is 11.8. The molecule has 8 heteroatoms. The molecule has 0 fully saturated rings. The second-order valence-electron chi connectivity index (χ2n) is 4.81. The Kier molecular flexibility index (Phi) is 3.52. The lowest BCUT2D eigenvalue weighted by Crippen LogP contribution is -2.24. The van der Waals surface area contributed by atoms with Gasteiger partial charge in [-0.2, -0.15) is 13.2 Å². The summed E-state index contributed by atoms with van der Waals surface area (Å²) in [6, 6.07) is 8.53. The Labute approximate surface area is 132 Å². The highest BCUT2D eigenvalue weighted by Gasteiger charge is 2.31. The zero-order valence-corrected chi connectivity index (χ0v) is 12.1. The summed E-state index contributed by atoms with van der Waals surface area (Å²) in [6.45, 7) is 0. The van der Waals surface area contributed by atoms with Crippen LogP contribution in [0.15, 0.2) is 47.3 Å². The van der Waals surface area contributed by atoms with Crippen LogP contribution in [0.5, 0.6) is 0 Å². The van der Waals surface area contributed by atoms with Gasteiger partial charge in [0.05, 0.1) is 16.6 Å². The number of benzene rings is 2. The van der Waals surface area contributed by atoms with Crippen molar-refractivity contribution in [3.8, 4) is 0 Å². The first kappa shape index (κ1) is 15.4. The first-order chi connectivity index (χ1) is 10.8. The highest BCUT2D eigenvalue weighted by atomic mass is 35.5.